The van der Waals surface area contributed by atoms with Crippen LogP contribution >= 0.6 is 35.3 Å². The van der Waals surface area contributed by atoms with Crippen LogP contribution in [-0.2, 0) is 9.47 Å². The molecule has 0 aliphatic heterocycles. The first-order valence-electron chi connectivity index (χ1n) is 31.6. The van der Waals surface area contributed by atoms with Crippen molar-refractivity contribution >= 4 is 86.2 Å². The first-order chi connectivity index (χ1) is 45.3. The molecule has 16 atom stereocenters. The fourth-order valence-electron chi connectivity index (χ4n) is 12.0. The maximum absolute atomic E-state index is 14.1. The van der Waals surface area contributed by atoms with Gasteiger partial charge in [0.15, 0.2) is 66.4 Å². The topological polar surface area (TPSA) is 420 Å². The van der Waals surface area contributed by atoms with Gasteiger partial charge in [-0.3, -0.25) is 0 Å². The average molecular weight is 1360 g/mol. The van der Waals surface area contributed by atoms with Crippen LogP contribution in [0.3, 0.4) is 0 Å². The molecular weight excluding hydrogens is 1280 g/mol. The number of rotatable bonds is 24. The van der Waals surface area contributed by atoms with Gasteiger partial charge in [0, 0.05) is 60.4 Å². The fourth-order valence-corrected chi connectivity index (χ4v) is 14.0. The predicted octanol–water partition coefficient (Wildman–Crippen LogP) is 3.70. The quantitative estimate of drug-likeness (QED) is 0.0303. The molecule has 6 heterocycles. The second-order valence-corrected chi connectivity index (χ2v) is 27.3. The highest BCUT2D eigenvalue weighted by atomic mass is 32.2. The van der Waals surface area contributed by atoms with E-state index < -0.39 is 73.1 Å². The van der Waals surface area contributed by atoms with Crippen molar-refractivity contribution in [1.82, 2.24) is 74.9 Å². The fraction of sp³-hybridized carbons (Fsp3) is 0.600. The van der Waals surface area contributed by atoms with Crippen LogP contribution < -0.4 is 16.4 Å². The van der Waals surface area contributed by atoms with Gasteiger partial charge in [0.2, 0.25) is 0 Å². The number of nitrogen functional groups attached to an aromatic ring is 1. The minimum Gasteiger partial charge on any atom is -0.394 e. The van der Waals surface area contributed by atoms with E-state index in [1.807, 2.05) is 12.1 Å². The molecule has 1 unspecified atom stereocenters. The van der Waals surface area contributed by atoms with E-state index in [0.717, 1.165) is 60.5 Å². The first kappa shape index (κ1) is 69.1. The monoisotopic (exact) mass is 1360 g/mol. The summed E-state index contributed by atoms with van der Waals surface area (Å²) in [6.07, 6.45) is -3.76. The van der Waals surface area contributed by atoms with Crippen molar-refractivity contribution < 1.29 is 64.2 Å². The van der Waals surface area contributed by atoms with Gasteiger partial charge in [-0.05, 0) is 80.3 Å². The second kappa shape index (κ2) is 30.4. The van der Waals surface area contributed by atoms with Gasteiger partial charge in [0.05, 0.1) is 62.9 Å². The van der Waals surface area contributed by atoms with Crippen molar-refractivity contribution in [3.8, 4) is 0 Å². The summed E-state index contributed by atoms with van der Waals surface area (Å²) in [5.41, 5.74) is 11.7. The molecule has 5 aliphatic carbocycles. The van der Waals surface area contributed by atoms with Crippen LogP contribution in [0.15, 0.2) is 51.9 Å². The number of aliphatic hydroxyl groups is 9. The number of ether oxygens (including phenoxy) is 2. The SMILES string of the molecule is CCCSc1nc(N)c2nnn([C@@H]3C[C@H](OCCO)[C@@H](O)[C@H]3O)c2n1.CCCSc1nc(NC2C[C@H]2c2ccc(C)c(F)c2)c2nnn([C@@H]3C[C@H](OCCO)[C@@H](O)[C@H]3O)c2n1.CCCSc1nc(N[C@@H]2C[C@H]2c2ccc(C)c(F)c2)c2nnn([C@@H]3C[C@H](O)[C@@H](O)[C@H]3O)c2n1. The standard InChI is InChI=1S/C24H31FN6O4S.C22H27FN6O3S.C14H22N6O4S/c1-3-8-36-24-27-22(26-16-10-14(16)13-5-4-12(2)15(25)9-13)19-23(28-24)31(30-29-19)17-11-18(35-7-6-32)21(34)20(17)33;1-3-6-33-22-25-20(24-14-8-12(14)11-5-4-10(2)13(23)7-11)17-21(26-22)29(28-27-17)15-9-16(30)19(32)18(15)31;1-2-5-25-14-16-12(15)9-13(17-14)20(19-18-9)7-6-8(24-4-3-21)11(23)10(7)22/h4-5,9,14,16-18,20-21,32-34H,3,6-8,10-11H2,1-2H3,(H,26,27,28);4-5,7,12,14-16,18-19,30-32H,3,6,8-9H2,1-2H3,(H,24,25,26);7-8,10-11,21-23H,2-6H2,1H3,(H2,15,16,17)/t14-,16?,17+,18-,20-,21+;12-,14+,15+,16-,18-,19+;7-,8+,10+,11-/m001/s1. The van der Waals surface area contributed by atoms with E-state index in [2.05, 4.69) is 87.3 Å². The highest BCUT2D eigenvalue weighted by Gasteiger charge is 2.48. The third-order valence-corrected chi connectivity index (χ3v) is 20.5. The largest absolute Gasteiger partial charge is 0.394 e. The number of aliphatic hydroxyl groups excluding tert-OH is 9. The summed E-state index contributed by atoms with van der Waals surface area (Å²) in [5.74, 6) is 3.78. The Morgan fingerprint density at radius 3 is 1.28 bits per heavy atom. The molecule has 5 saturated carbocycles. The summed E-state index contributed by atoms with van der Waals surface area (Å²) in [6.45, 7) is 9.54. The highest BCUT2D eigenvalue weighted by Crippen LogP contribution is 2.46. The highest BCUT2D eigenvalue weighted by molar-refractivity contribution is 7.99. The van der Waals surface area contributed by atoms with E-state index in [1.54, 1.807) is 38.1 Å². The molecule has 5 fully saturated rings. The number of halogens is 2. The average Bonchev–Trinajstić information content (AvgIpc) is 1.62. The molecule has 0 bridgehead atoms. The molecule has 13 N–H and O–H groups in total. The maximum atomic E-state index is 14.1. The lowest BCUT2D eigenvalue weighted by Crippen LogP contribution is -2.33. The number of benzene rings is 2. The molecule has 8 aromatic rings. The van der Waals surface area contributed by atoms with E-state index in [-0.39, 0.29) is 74.2 Å². The minimum atomic E-state index is -1.25. The molecule has 0 radical (unpaired) electrons. The number of hydrogen-bond donors (Lipinski definition) is 12. The summed E-state index contributed by atoms with van der Waals surface area (Å²) in [6, 6.07) is 9.07. The second-order valence-electron chi connectivity index (χ2n) is 24.2. The third kappa shape index (κ3) is 15.0. The third-order valence-electron chi connectivity index (χ3n) is 17.3. The summed E-state index contributed by atoms with van der Waals surface area (Å²) in [4.78, 5) is 27.3. The summed E-state index contributed by atoms with van der Waals surface area (Å²) < 4.78 is 43.5. The molecule has 508 valence electrons. The molecule has 13 rings (SSSR count). The van der Waals surface area contributed by atoms with Crippen molar-refractivity contribution in [2.45, 2.75) is 198 Å². The number of hydrogen-bond acceptors (Lipinski definition) is 29. The van der Waals surface area contributed by atoms with Crippen LogP contribution in [-0.4, -0.2) is 232 Å². The molecular formula is C60H80F2N18O11S3. The number of fused-ring (bicyclic) bond motifs is 3. The number of thioether (sulfide) groups is 3. The summed E-state index contributed by atoms with van der Waals surface area (Å²) in [7, 11) is 0. The smallest absolute Gasteiger partial charge is 0.191 e. The molecule has 2 aromatic carbocycles. The summed E-state index contributed by atoms with van der Waals surface area (Å²) in [5, 5.41) is 124. The van der Waals surface area contributed by atoms with Gasteiger partial charge in [-0.25, -0.2) is 52.7 Å². The Bertz CT molecular complexity index is 3900. The van der Waals surface area contributed by atoms with Gasteiger partial charge >= 0.3 is 0 Å². The first-order valence-corrected chi connectivity index (χ1v) is 34.6. The molecule has 5 aliphatic rings. The Hall–Kier alpha value is -6.25. The van der Waals surface area contributed by atoms with Crippen LogP contribution in [0.25, 0.3) is 33.5 Å². The lowest BCUT2D eigenvalue weighted by molar-refractivity contribution is -0.0629. The Morgan fingerprint density at radius 1 is 0.511 bits per heavy atom. The maximum Gasteiger partial charge on any atom is 0.191 e. The minimum absolute atomic E-state index is 0.0702. The normalized spacial score (nSPS) is 27.8. The van der Waals surface area contributed by atoms with Gasteiger partial charge in [-0.1, -0.05) is 96.0 Å². The molecule has 94 heavy (non-hydrogen) atoms. The zero-order valence-corrected chi connectivity index (χ0v) is 54.9. The van der Waals surface area contributed by atoms with Crippen molar-refractivity contribution in [3.63, 3.8) is 0 Å². The van der Waals surface area contributed by atoms with Crippen molar-refractivity contribution in [2.75, 3.05) is 60.1 Å². The molecule has 0 amide bonds. The van der Waals surface area contributed by atoms with Crippen molar-refractivity contribution in [1.29, 1.82) is 0 Å². The van der Waals surface area contributed by atoms with E-state index in [1.165, 1.54) is 49.3 Å². The van der Waals surface area contributed by atoms with Crippen molar-refractivity contribution in [2.24, 2.45) is 0 Å². The van der Waals surface area contributed by atoms with Crippen molar-refractivity contribution in [3.05, 3.63) is 70.3 Å². The molecule has 29 nitrogen and oxygen atoms in total. The van der Waals surface area contributed by atoms with E-state index in [0.29, 0.717) is 84.6 Å². The van der Waals surface area contributed by atoms with Crippen LogP contribution in [0, 0.1) is 25.5 Å². The molecule has 6 aromatic heterocycles. The lowest BCUT2D eigenvalue weighted by atomic mass is 10.1. The zero-order chi connectivity index (χ0) is 66.6. The number of nitrogens with one attached hydrogen (secondary N) is 2. The van der Waals surface area contributed by atoms with Crippen LogP contribution in [0.2, 0.25) is 0 Å². The van der Waals surface area contributed by atoms with Crippen LogP contribution in [0.1, 0.15) is 124 Å². The van der Waals surface area contributed by atoms with Gasteiger partial charge in [-0.15, -0.1) is 15.3 Å². The Balaban J connectivity index is 0.000000146. The van der Waals surface area contributed by atoms with E-state index >= 15 is 0 Å². The molecule has 34 heteroatoms. The van der Waals surface area contributed by atoms with Gasteiger partial charge in [0.1, 0.15) is 48.3 Å². The Morgan fingerprint density at radius 2 is 0.894 bits per heavy atom. The Kier molecular flexibility index (Phi) is 22.4. The molecule has 0 saturated heterocycles. The number of aromatic nitrogens is 15. The number of nitrogens with two attached hydrogens (primary N) is 1. The molecule has 0 spiro atoms. The lowest BCUT2D eigenvalue weighted by Gasteiger charge is -2.17. The number of anilines is 3. The zero-order valence-electron chi connectivity index (χ0n) is 52.4. The van der Waals surface area contributed by atoms with Gasteiger partial charge < -0.3 is 71.8 Å². The number of nitrogens with zero attached hydrogens (tertiary/aromatic N) is 15. The van der Waals surface area contributed by atoms with Crippen LogP contribution in [0.4, 0.5) is 26.2 Å². The van der Waals surface area contributed by atoms with Gasteiger partial charge in [-0.2, -0.15) is 0 Å². The van der Waals surface area contributed by atoms with Gasteiger partial charge in [0.25, 0.3) is 0 Å². The van der Waals surface area contributed by atoms with E-state index in [9.17, 15) is 44.5 Å². The van der Waals surface area contributed by atoms with E-state index in [4.69, 9.17) is 30.4 Å². The predicted molar refractivity (Wildman–Crippen MR) is 345 cm³/mol. The summed E-state index contributed by atoms with van der Waals surface area (Å²) >= 11 is 4.51. The Labute approximate surface area is 551 Å². The number of aryl methyl sites for hydroxylation is 2. The van der Waals surface area contributed by atoms with Crippen LogP contribution in [0.5, 0.6) is 0 Å².